The lowest BCUT2D eigenvalue weighted by Crippen LogP contribution is -2.39. The first kappa shape index (κ1) is 28.2. The summed E-state index contributed by atoms with van der Waals surface area (Å²) in [4.78, 5) is 21.7. The number of carbonyl (C=O) groups excluding carboxylic acids is 1. The minimum absolute atomic E-state index is 0.0320. The second kappa shape index (κ2) is 11.3. The maximum Gasteiger partial charge on any atom is 0.490 e. The molecule has 0 unspecified atom stereocenters. The molecule has 2 rings (SSSR count). The number of hydrogen-bond acceptors (Lipinski definition) is 4. The van der Waals surface area contributed by atoms with Crippen molar-refractivity contribution in [3.63, 3.8) is 0 Å². The van der Waals surface area contributed by atoms with Crippen LogP contribution in [0.4, 0.5) is 19.0 Å². The molecule has 0 saturated heterocycles. The number of halogens is 3. The minimum Gasteiger partial charge on any atom is -0.475 e. The van der Waals surface area contributed by atoms with Crippen molar-refractivity contribution in [2.24, 2.45) is 5.92 Å². The molecule has 2 aromatic rings. The van der Waals surface area contributed by atoms with E-state index < -0.39 is 12.1 Å². The number of carboxylic acid groups (broad SMARTS) is 1. The maximum absolute atomic E-state index is 12.8. The van der Waals surface area contributed by atoms with Crippen LogP contribution in [-0.2, 0) is 15.0 Å². The van der Waals surface area contributed by atoms with E-state index in [9.17, 15) is 18.0 Å². The van der Waals surface area contributed by atoms with E-state index in [1.165, 1.54) is 0 Å². The van der Waals surface area contributed by atoms with Gasteiger partial charge in [0.25, 0.3) is 0 Å². The van der Waals surface area contributed by atoms with Crippen molar-refractivity contribution < 1.29 is 27.9 Å². The Bertz CT molecular complexity index is 947. The third-order valence-electron chi connectivity index (χ3n) is 4.59. The Balaban J connectivity index is 0.000000675. The molecule has 0 aliphatic carbocycles. The fourth-order valence-electron chi connectivity index (χ4n) is 2.83. The molecule has 0 saturated carbocycles. The second-order valence-corrected chi connectivity index (χ2v) is 9.18. The second-order valence-electron chi connectivity index (χ2n) is 9.18. The monoisotopic (exact) mass is 470 g/mol. The Morgan fingerprint density at radius 2 is 1.73 bits per heavy atom. The summed E-state index contributed by atoms with van der Waals surface area (Å²) in [7, 11) is 1.82. The molecule has 7 nitrogen and oxygen atoms in total. The van der Waals surface area contributed by atoms with Crippen LogP contribution in [0.3, 0.4) is 0 Å². The van der Waals surface area contributed by atoms with Crippen molar-refractivity contribution in [3.05, 3.63) is 41.6 Å². The molecule has 3 N–H and O–H groups in total. The van der Waals surface area contributed by atoms with E-state index in [0.29, 0.717) is 11.7 Å². The molecule has 10 heteroatoms. The van der Waals surface area contributed by atoms with E-state index in [1.54, 1.807) is 0 Å². The van der Waals surface area contributed by atoms with Gasteiger partial charge in [0.1, 0.15) is 5.82 Å². The molecule has 1 aromatic heterocycles. The Morgan fingerprint density at radius 3 is 2.15 bits per heavy atom. The highest BCUT2D eigenvalue weighted by Gasteiger charge is 2.38. The number of likely N-dealkylation sites (N-methyl/N-ethyl adjacent to an activating group) is 1. The van der Waals surface area contributed by atoms with Crippen LogP contribution in [-0.4, -0.2) is 46.0 Å². The third kappa shape index (κ3) is 8.88. The number of aromatic nitrogens is 2. The number of nitrogens with zero attached hydrogens (tertiary/aromatic N) is 2. The first-order valence-corrected chi connectivity index (χ1v) is 10.5. The highest BCUT2D eigenvalue weighted by Crippen LogP contribution is 2.27. The summed E-state index contributed by atoms with van der Waals surface area (Å²) in [5.74, 6) is -1.65. The van der Waals surface area contributed by atoms with Gasteiger partial charge in [-0.3, -0.25) is 4.79 Å². The van der Waals surface area contributed by atoms with E-state index in [2.05, 4.69) is 64.3 Å². The smallest absolute Gasteiger partial charge is 0.475 e. The van der Waals surface area contributed by atoms with E-state index in [1.807, 2.05) is 29.9 Å². The van der Waals surface area contributed by atoms with Crippen molar-refractivity contribution >= 4 is 17.7 Å². The van der Waals surface area contributed by atoms with Gasteiger partial charge >= 0.3 is 12.1 Å². The zero-order valence-electron chi connectivity index (χ0n) is 20.0. The lowest BCUT2D eigenvalue weighted by atomic mass is 9.92. The quantitative estimate of drug-likeness (QED) is 0.570. The van der Waals surface area contributed by atoms with Crippen molar-refractivity contribution in [3.8, 4) is 5.69 Å². The molecular formula is C23H33F3N4O3. The molecule has 1 aromatic carbocycles. The Labute approximate surface area is 192 Å². The summed E-state index contributed by atoms with van der Waals surface area (Å²) in [6.45, 7) is 12.7. The maximum atomic E-state index is 12.8. The minimum atomic E-state index is -5.08. The number of carboxylic acids is 1. The number of rotatable bonds is 6. The molecule has 0 aliphatic heterocycles. The first-order chi connectivity index (χ1) is 15.1. The number of anilines is 1. The summed E-state index contributed by atoms with van der Waals surface area (Å²) in [5, 5.41) is 18.1. The average molecular weight is 471 g/mol. The lowest BCUT2D eigenvalue weighted by Gasteiger charge is -2.18. The molecule has 0 spiro atoms. The molecule has 0 radical (unpaired) electrons. The van der Waals surface area contributed by atoms with Crippen LogP contribution in [0.2, 0.25) is 0 Å². The largest absolute Gasteiger partial charge is 0.490 e. The van der Waals surface area contributed by atoms with Gasteiger partial charge in [-0.1, -0.05) is 46.8 Å². The van der Waals surface area contributed by atoms with Gasteiger partial charge < -0.3 is 15.7 Å². The predicted octanol–water partition coefficient (Wildman–Crippen LogP) is 4.68. The number of benzene rings is 1. The normalized spacial score (nSPS) is 12.7. The van der Waals surface area contributed by atoms with Crippen molar-refractivity contribution in [2.75, 3.05) is 12.4 Å². The van der Waals surface area contributed by atoms with E-state index in [-0.39, 0.29) is 17.4 Å². The molecule has 0 fully saturated rings. The van der Waals surface area contributed by atoms with Gasteiger partial charge in [0, 0.05) is 11.5 Å². The average Bonchev–Trinajstić information content (AvgIpc) is 3.09. The molecule has 1 amide bonds. The Hall–Kier alpha value is -2.88. The van der Waals surface area contributed by atoms with Gasteiger partial charge in [-0.25, -0.2) is 9.48 Å². The molecule has 0 aliphatic rings. The van der Waals surface area contributed by atoms with Gasteiger partial charge in [0.05, 0.1) is 17.4 Å². The fraction of sp³-hybridized carbons (Fsp3) is 0.522. The van der Waals surface area contributed by atoms with E-state index >= 15 is 0 Å². The number of alkyl halides is 3. The zero-order valence-corrected chi connectivity index (χ0v) is 20.0. The van der Waals surface area contributed by atoms with Gasteiger partial charge in [0.2, 0.25) is 5.91 Å². The summed E-state index contributed by atoms with van der Waals surface area (Å²) in [6, 6.07) is 9.88. The molecule has 0 bridgehead atoms. The van der Waals surface area contributed by atoms with Gasteiger partial charge in [-0.05, 0) is 44.0 Å². The van der Waals surface area contributed by atoms with E-state index in [4.69, 9.17) is 15.0 Å². The van der Waals surface area contributed by atoms with Crippen LogP contribution in [0.1, 0.15) is 52.3 Å². The predicted molar refractivity (Wildman–Crippen MR) is 122 cm³/mol. The van der Waals surface area contributed by atoms with Crippen molar-refractivity contribution in [1.82, 2.24) is 15.1 Å². The van der Waals surface area contributed by atoms with Crippen molar-refractivity contribution in [2.45, 2.75) is 65.6 Å². The van der Waals surface area contributed by atoms with Crippen LogP contribution in [0.5, 0.6) is 0 Å². The zero-order chi connectivity index (χ0) is 25.6. The van der Waals surface area contributed by atoms with Crippen LogP contribution in [0, 0.1) is 12.8 Å². The highest BCUT2D eigenvalue weighted by molar-refractivity contribution is 5.94. The molecule has 1 heterocycles. The van der Waals surface area contributed by atoms with Gasteiger partial charge in [-0.15, -0.1) is 0 Å². The number of aryl methyl sites for hydroxylation is 1. The van der Waals surface area contributed by atoms with Crippen LogP contribution in [0.15, 0.2) is 30.3 Å². The summed E-state index contributed by atoms with van der Waals surface area (Å²) in [6.07, 6.45) is -4.30. The SMILES string of the molecule is CN[C@@H](CC(C)C)C(=O)Nc1cc(C(C)(C)C)nn1-c1cccc(C)c1.O=C(O)C(F)(F)F. The van der Waals surface area contributed by atoms with Crippen LogP contribution in [0.25, 0.3) is 5.69 Å². The summed E-state index contributed by atoms with van der Waals surface area (Å²) < 4.78 is 33.6. The fourth-order valence-corrected chi connectivity index (χ4v) is 2.83. The lowest BCUT2D eigenvalue weighted by molar-refractivity contribution is -0.192. The third-order valence-corrected chi connectivity index (χ3v) is 4.59. The number of amides is 1. The topological polar surface area (TPSA) is 96.3 Å². The van der Waals surface area contributed by atoms with Gasteiger partial charge in [-0.2, -0.15) is 18.3 Å². The van der Waals surface area contributed by atoms with Crippen LogP contribution >= 0.6 is 0 Å². The Kier molecular flexibility index (Phi) is 9.65. The number of aliphatic carboxylic acids is 1. The van der Waals surface area contributed by atoms with E-state index in [0.717, 1.165) is 23.4 Å². The summed E-state index contributed by atoms with van der Waals surface area (Å²) in [5.41, 5.74) is 2.94. The Morgan fingerprint density at radius 1 is 1.15 bits per heavy atom. The van der Waals surface area contributed by atoms with Crippen molar-refractivity contribution in [1.29, 1.82) is 0 Å². The summed E-state index contributed by atoms with van der Waals surface area (Å²) >= 11 is 0. The first-order valence-electron chi connectivity index (χ1n) is 10.5. The molecule has 1 atom stereocenters. The van der Waals surface area contributed by atoms with Crippen LogP contribution < -0.4 is 10.6 Å². The van der Waals surface area contributed by atoms with Gasteiger partial charge in [0.15, 0.2) is 0 Å². The molecule has 33 heavy (non-hydrogen) atoms. The highest BCUT2D eigenvalue weighted by atomic mass is 19.4. The molecule has 184 valence electrons. The number of carbonyl (C=O) groups is 2. The number of nitrogens with one attached hydrogen (secondary N) is 2. The molecular weight excluding hydrogens is 437 g/mol. The standard InChI is InChI=1S/C21H32N4O.C2HF3O2/c1-14(2)11-17(22-7)20(26)23-19-13-18(21(4,5)6)24-25(19)16-10-8-9-15(3)12-16;3-2(4,5)1(6)7/h8-10,12-14,17,22H,11H2,1-7H3,(H,23,26);(H,6,7)/t17-;/m0./s1. The number of hydrogen-bond donors (Lipinski definition) is 3.